The predicted molar refractivity (Wildman–Crippen MR) is 142 cm³/mol. The molecule has 5 rings (SSSR count). The number of aromatic nitrogens is 2. The van der Waals surface area contributed by atoms with E-state index < -0.39 is 6.10 Å². The first kappa shape index (κ1) is 25.4. The average Bonchev–Trinajstić information content (AvgIpc) is 3.16. The third-order valence-electron chi connectivity index (χ3n) is 7.81. The van der Waals surface area contributed by atoms with Crippen LogP contribution in [0.25, 0.3) is 0 Å². The highest BCUT2D eigenvalue weighted by molar-refractivity contribution is 6.30. The van der Waals surface area contributed by atoms with Crippen LogP contribution in [0, 0.1) is 0 Å². The second-order valence-electron chi connectivity index (χ2n) is 10.8. The number of hydrogen-bond acceptors (Lipinski definition) is 7. The van der Waals surface area contributed by atoms with E-state index in [1.165, 1.54) is 0 Å². The van der Waals surface area contributed by atoms with Gasteiger partial charge in [-0.25, -0.2) is 9.97 Å². The summed E-state index contributed by atoms with van der Waals surface area (Å²) < 4.78 is 0. The van der Waals surface area contributed by atoms with Crippen molar-refractivity contribution in [3.05, 3.63) is 52.4 Å². The zero-order chi connectivity index (χ0) is 25.4. The molecule has 1 aliphatic carbocycles. The molecule has 3 aliphatic rings. The Morgan fingerprint density at radius 2 is 1.75 bits per heavy atom. The molecule has 1 amide bonds. The fourth-order valence-corrected chi connectivity index (χ4v) is 6.31. The molecule has 3 heterocycles. The van der Waals surface area contributed by atoms with Crippen molar-refractivity contribution in [2.24, 2.45) is 0 Å². The van der Waals surface area contributed by atoms with Crippen LogP contribution in [0.4, 0.5) is 5.82 Å². The van der Waals surface area contributed by atoms with Crippen molar-refractivity contribution < 1.29 is 9.90 Å². The second-order valence-corrected chi connectivity index (χ2v) is 11.2. The molecule has 1 aromatic carbocycles. The molecule has 1 aromatic heterocycles. The van der Waals surface area contributed by atoms with Gasteiger partial charge in [0.1, 0.15) is 12.1 Å². The highest BCUT2D eigenvalue weighted by Crippen LogP contribution is 2.42. The van der Waals surface area contributed by atoms with Gasteiger partial charge >= 0.3 is 0 Å². The minimum absolute atomic E-state index is 0.174. The number of rotatable bonds is 5. The Kier molecular flexibility index (Phi) is 7.49. The molecule has 194 valence electrons. The van der Waals surface area contributed by atoms with Crippen LogP contribution in [0.2, 0.25) is 5.02 Å². The van der Waals surface area contributed by atoms with Crippen LogP contribution in [-0.2, 0) is 4.79 Å². The van der Waals surface area contributed by atoms with Crippen LogP contribution < -0.4 is 10.2 Å². The van der Waals surface area contributed by atoms with Crippen molar-refractivity contribution in [1.29, 1.82) is 0 Å². The number of carbonyl (C=O) groups excluding carboxylic acids is 1. The molecule has 0 saturated carbocycles. The maximum absolute atomic E-state index is 13.9. The van der Waals surface area contributed by atoms with Gasteiger partial charge in [0.25, 0.3) is 0 Å². The molecule has 2 aliphatic heterocycles. The monoisotopic (exact) mass is 512 g/mol. The average molecular weight is 513 g/mol. The molecule has 9 heteroatoms. The lowest BCUT2D eigenvalue weighted by molar-refractivity contribution is -0.133. The molecule has 36 heavy (non-hydrogen) atoms. The maximum Gasteiger partial charge on any atom is 0.231 e. The number of nitrogens with zero attached hydrogens (tertiary/aromatic N) is 5. The number of anilines is 1. The van der Waals surface area contributed by atoms with Gasteiger partial charge in [-0.05, 0) is 43.9 Å². The van der Waals surface area contributed by atoms with E-state index in [4.69, 9.17) is 11.6 Å². The van der Waals surface area contributed by atoms with E-state index in [1.807, 2.05) is 29.2 Å². The summed E-state index contributed by atoms with van der Waals surface area (Å²) >= 11 is 6.16. The van der Waals surface area contributed by atoms with Gasteiger partial charge in [0.2, 0.25) is 5.91 Å². The van der Waals surface area contributed by atoms with Crippen LogP contribution >= 0.6 is 11.6 Å². The quantitative estimate of drug-likeness (QED) is 0.637. The van der Waals surface area contributed by atoms with Crippen LogP contribution in [0.1, 0.15) is 62.0 Å². The van der Waals surface area contributed by atoms with Crippen molar-refractivity contribution in [3.8, 4) is 0 Å². The lowest BCUT2D eigenvalue weighted by atomic mass is 9.95. The first-order valence-electron chi connectivity index (χ1n) is 13.1. The number of aliphatic hydroxyl groups is 1. The van der Waals surface area contributed by atoms with E-state index in [1.54, 1.807) is 6.33 Å². The zero-order valence-corrected chi connectivity index (χ0v) is 22.2. The van der Waals surface area contributed by atoms with E-state index >= 15 is 0 Å². The Morgan fingerprint density at radius 1 is 1.08 bits per heavy atom. The Balaban J connectivity index is 1.31. The second kappa shape index (κ2) is 10.6. The van der Waals surface area contributed by atoms with E-state index in [0.717, 1.165) is 35.7 Å². The highest BCUT2D eigenvalue weighted by Gasteiger charge is 2.36. The minimum atomic E-state index is -0.518. The van der Waals surface area contributed by atoms with Crippen molar-refractivity contribution in [2.45, 2.75) is 57.2 Å². The number of aliphatic hydroxyl groups excluding tert-OH is 1. The molecule has 0 radical (unpaired) electrons. The number of amides is 1. The molecule has 8 nitrogen and oxygen atoms in total. The lowest BCUT2D eigenvalue weighted by Crippen LogP contribution is -2.56. The van der Waals surface area contributed by atoms with Crippen molar-refractivity contribution >= 4 is 23.3 Å². The molecule has 1 unspecified atom stereocenters. The number of benzene rings is 1. The van der Waals surface area contributed by atoms with E-state index in [0.29, 0.717) is 56.3 Å². The Hall–Kier alpha value is -2.26. The van der Waals surface area contributed by atoms with Crippen LogP contribution in [-0.4, -0.2) is 88.7 Å². The molecule has 0 bridgehead atoms. The summed E-state index contributed by atoms with van der Waals surface area (Å²) in [6, 6.07) is 8.54. The Bertz CT molecular complexity index is 1060. The number of nitrogens with one attached hydrogen (secondary N) is 1. The predicted octanol–water partition coefficient (Wildman–Crippen LogP) is 2.79. The fourth-order valence-electron chi connectivity index (χ4n) is 6.18. The van der Waals surface area contributed by atoms with Gasteiger partial charge in [0, 0.05) is 68.5 Å². The number of piperazine rings is 2. The summed E-state index contributed by atoms with van der Waals surface area (Å²) in [6.07, 6.45) is 1.72. The largest absolute Gasteiger partial charge is 0.387 e. The van der Waals surface area contributed by atoms with Gasteiger partial charge in [-0.2, -0.15) is 0 Å². The van der Waals surface area contributed by atoms with E-state index in [-0.39, 0.29) is 17.7 Å². The SMILES string of the molecule is C[C@@H]1CN(CC(C(=O)N2CCN(c3ncnc4c3[C@H](C)C[C@H]4O)CC2)c2ccc(Cl)cc2)C[C@H](C)N1. The van der Waals surface area contributed by atoms with Crippen LogP contribution in [0.5, 0.6) is 0 Å². The van der Waals surface area contributed by atoms with Crippen LogP contribution in [0.3, 0.4) is 0 Å². The smallest absolute Gasteiger partial charge is 0.231 e. The van der Waals surface area contributed by atoms with Gasteiger partial charge < -0.3 is 20.2 Å². The first-order chi connectivity index (χ1) is 17.3. The molecule has 2 aromatic rings. The van der Waals surface area contributed by atoms with Crippen molar-refractivity contribution in [2.75, 3.05) is 50.7 Å². The maximum atomic E-state index is 13.9. The molecule has 2 N–H and O–H groups in total. The first-order valence-corrected chi connectivity index (χ1v) is 13.5. The molecular formula is C27H37ClN6O2. The molecule has 2 saturated heterocycles. The van der Waals surface area contributed by atoms with Crippen molar-refractivity contribution in [1.82, 2.24) is 25.1 Å². The summed E-state index contributed by atoms with van der Waals surface area (Å²) in [5, 5.41) is 14.6. The standard InChI is InChI=1S/C27H37ClN6O2/c1-17-12-23(35)25-24(17)26(30-16-29-25)33-8-10-34(11-9-33)27(36)22(20-4-6-21(28)7-5-20)15-32-13-18(2)31-19(3)14-32/h4-7,16-19,22-23,31,35H,8-15H2,1-3H3/t17-,18-,19+,22?,23-/m1/s1. The summed E-state index contributed by atoms with van der Waals surface area (Å²) in [4.78, 5) is 29.5. The highest BCUT2D eigenvalue weighted by atomic mass is 35.5. The Morgan fingerprint density at radius 3 is 2.42 bits per heavy atom. The minimum Gasteiger partial charge on any atom is -0.387 e. The van der Waals surface area contributed by atoms with Gasteiger partial charge in [-0.1, -0.05) is 30.7 Å². The normalized spacial score (nSPS) is 27.7. The summed E-state index contributed by atoms with van der Waals surface area (Å²) in [7, 11) is 0. The number of halogens is 1. The van der Waals surface area contributed by atoms with E-state index in [9.17, 15) is 9.90 Å². The molecular weight excluding hydrogens is 476 g/mol. The topological polar surface area (TPSA) is 84.8 Å². The number of carbonyl (C=O) groups is 1. The van der Waals surface area contributed by atoms with Gasteiger partial charge in [0.05, 0.1) is 17.7 Å². The third kappa shape index (κ3) is 5.23. The summed E-state index contributed by atoms with van der Waals surface area (Å²) in [5.41, 5.74) is 2.83. The molecule has 5 atom stereocenters. The van der Waals surface area contributed by atoms with Crippen molar-refractivity contribution in [3.63, 3.8) is 0 Å². The Labute approximate surface area is 218 Å². The molecule has 0 spiro atoms. The van der Waals surface area contributed by atoms with Gasteiger partial charge in [0.15, 0.2) is 0 Å². The summed E-state index contributed by atoms with van der Waals surface area (Å²) in [6.45, 7) is 11.8. The fraction of sp³-hybridized carbons (Fsp3) is 0.593. The lowest BCUT2D eigenvalue weighted by Gasteiger charge is -2.40. The molecule has 2 fully saturated rings. The summed E-state index contributed by atoms with van der Waals surface area (Å²) in [5.74, 6) is 1.08. The van der Waals surface area contributed by atoms with E-state index in [2.05, 4.69) is 45.9 Å². The number of hydrogen-bond donors (Lipinski definition) is 2. The van der Waals surface area contributed by atoms with Crippen LogP contribution in [0.15, 0.2) is 30.6 Å². The van der Waals surface area contributed by atoms with Gasteiger partial charge in [-0.3, -0.25) is 9.69 Å². The third-order valence-corrected chi connectivity index (χ3v) is 8.07. The van der Waals surface area contributed by atoms with Gasteiger partial charge in [-0.15, -0.1) is 0 Å². The zero-order valence-electron chi connectivity index (χ0n) is 21.4. The number of fused-ring (bicyclic) bond motifs is 1.